The Kier molecular flexibility index (Phi) is 2.76. The van der Waals surface area contributed by atoms with Crippen molar-refractivity contribution in [2.75, 3.05) is 0 Å². The van der Waals surface area contributed by atoms with E-state index in [1.54, 1.807) is 18.5 Å². The summed E-state index contributed by atoms with van der Waals surface area (Å²) in [5, 5.41) is 2.83. The van der Waals surface area contributed by atoms with Gasteiger partial charge >= 0.3 is 0 Å². The van der Waals surface area contributed by atoms with Crippen LogP contribution in [0.3, 0.4) is 0 Å². The van der Waals surface area contributed by atoms with Gasteiger partial charge in [0.15, 0.2) is 0 Å². The maximum atomic E-state index is 4.56. The van der Waals surface area contributed by atoms with Crippen molar-refractivity contribution in [3.63, 3.8) is 0 Å². The molecule has 1 N–H and O–H groups in total. The average molecular weight is 153 g/mol. The Labute approximate surface area is 64.5 Å². The molecule has 10 heavy (non-hydrogen) atoms. The Balaban J connectivity index is 2.50. The quantitative estimate of drug-likeness (QED) is 0.642. The molecule has 0 amide bonds. The van der Waals surface area contributed by atoms with Crippen LogP contribution in [-0.4, -0.2) is 15.5 Å². The molecule has 0 aliphatic rings. The Morgan fingerprint density at radius 2 is 2.20 bits per heavy atom. The third-order valence-corrected chi connectivity index (χ3v) is 1.13. The molecule has 1 aromatic heterocycles. The van der Waals surface area contributed by atoms with Crippen molar-refractivity contribution >= 4 is 17.7 Å². The second-order valence-corrected chi connectivity index (χ2v) is 1.90. The maximum Gasteiger partial charge on any atom is 0.147 e. The van der Waals surface area contributed by atoms with E-state index in [0.29, 0.717) is 6.54 Å². The first-order valence-corrected chi connectivity index (χ1v) is 3.33. The molecule has 1 rings (SSSR count). The minimum Gasteiger partial charge on any atom is -0.375 e. The largest absolute Gasteiger partial charge is 0.375 e. The first kappa shape index (κ1) is 7.08. The smallest absolute Gasteiger partial charge is 0.147 e. The van der Waals surface area contributed by atoms with E-state index in [-0.39, 0.29) is 0 Å². The predicted octanol–water partition coefficient (Wildman–Crippen LogP) is 0.523. The standard InChI is InChI=1S/C6H7N3S/c10-5-7-4-6-8-2-1-3-9-6/h1-3,5H,4H2,(H,7,10). The van der Waals surface area contributed by atoms with Crippen molar-refractivity contribution in [3.8, 4) is 0 Å². The molecule has 1 aromatic rings. The van der Waals surface area contributed by atoms with Gasteiger partial charge in [0.05, 0.1) is 12.0 Å². The second kappa shape index (κ2) is 3.90. The Hall–Kier alpha value is -1.03. The van der Waals surface area contributed by atoms with Gasteiger partial charge in [0.25, 0.3) is 0 Å². The number of rotatable bonds is 3. The molecule has 0 unspecified atom stereocenters. The normalized spacial score (nSPS) is 8.80. The minimum atomic E-state index is 0.602. The maximum absolute atomic E-state index is 4.56. The molecule has 0 aliphatic heterocycles. The van der Waals surface area contributed by atoms with Crippen LogP contribution in [0.5, 0.6) is 0 Å². The molecular formula is C6H7N3S. The van der Waals surface area contributed by atoms with E-state index in [9.17, 15) is 0 Å². The summed E-state index contributed by atoms with van der Waals surface area (Å²) in [5.41, 5.74) is 1.45. The molecule has 0 fully saturated rings. The first-order valence-electron chi connectivity index (χ1n) is 2.86. The van der Waals surface area contributed by atoms with E-state index in [1.165, 1.54) is 5.49 Å². The number of nitrogens with one attached hydrogen (secondary N) is 1. The van der Waals surface area contributed by atoms with E-state index >= 15 is 0 Å². The number of aromatic nitrogens is 2. The van der Waals surface area contributed by atoms with Gasteiger partial charge in [-0.25, -0.2) is 9.97 Å². The van der Waals surface area contributed by atoms with Crippen LogP contribution in [0, 0.1) is 0 Å². The lowest BCUT2D eigenvalue weighted by Gasteiger charge is -1.95. The molecule has 0 saturated heterocycles. The van der Waals surface area contributed by atoms with Gasteiger partial charge in [0.2, 0.25) is 0 Å². The van der Waals surface area contributed by atoms with Crippen LogP contribution in [0.2, 0.25) is 0 Å². The van der Waals surface area contributed by atoms with Crippen molar-refractivity contribution in [1.82, 2.24) is 15.3 Å². The fourth-order valence-electron chi connectivity index (χ4n) is 0.554. The van der Waals surface area contributed by atoms with Crippen molar-refractivity contribution in [2.45, 2.75) is 6.54 Å². The Morgan fingerprint density at radius 3 is 2.80 bits per heavy atom. The Morgan fingerprint density at radius 1 is 1.50 bits per heavy atom. The summed E-state index contributed by atoms with van der Waals surface area (Å²) in [5.74, 6) is 0.753. The molecule has 0 bridgehead atoms. The SMILES string of the molecule is S=CNCc1ncccn1. The molecule has 1 heterocycles. The molecule has 52 valence electrons. The lowest BCUT2D eigenvalue weighted by Crippen LogP contribution is -2.10. The van der Waals surface area contributed by atoms with Crippen LogP contribution < -0.4 is 5.32 Å². The van der Waals surface area contributed by atoms with E-state index in [2.05, 4.69) is 27.5 Å². The van der Waals surface area contributed by atoms with Gasteiger partial charge in [0, 0.05) is 12.4 Å². The fourth-order valence-corrected chi connectivity index (χ4v) is 0.638. The zero-order chi connectivity index (χ0) is 7.23. The lowest BCUT2D eigenvalue weighted by molar-refractivity contribution is 0.841. The summed E-state index contributed by atoms with van der Waals surface area (Å²) in [6.45, 7) is 0.602. The van der Waals surface area contributed by atoms with Gasteiger partial charge in [-0.2, -0.15) is 0 Å². The third kappa shape index (κ3) is 2.06. The van der Waals surface area contributed by atoms with Crippen molar-refractivity contribution in [1.29, 1.82) is 0 Å². The predicted molar refractivity (Wildman–Crippen MR) is 42.5 cm³/mol. The van der Waals surface area contributed by atoms with Crippen molar-refractivity contribution in [2.24, 2.45) is 0 Å². The van der Waals surface area contributed by atoms with Crippen LogP contribution >= 0.6 is 12.2 Å². The summed E-state index contributed by atoms with van der Waals surface area (Å²) in [6.07, 6.45) is 3.40. The van der Waals surface area contributed by atoms with Crippen LogP contribution in [0.1, 0.15) is 5.82 Å². The molecule has 0 spiro atoms. The van der Waals surface area contributed by atoms with Crippen LogP contribution in [-0.2, 0) is 6.54 Å². The molecule has 0 atom stereocenters. The molecular weight excluding hydrogens is 146 g/mol. The van der Waals surface area contributed by atoms with Crippen molar-refractivity contribution < 1.29 is 0 Å². The third-order valence-electron chi connectivity index (χ3n) is 0.963. The Bertz CT molecular complexity index is 199. The van der Waals surface area contributed by atoms with E-state index in [0.717, 1.165) is 5.82 Å². The van der Waals surface area contributed by atoms with Gasteiger partial charge in [-0.1, -0.05) is 12.2 Å². The van der Waals surface area contributed by atoms with Gasteiger partial charge in [0.1, 0.15) is 5.82 Å². The second-order valence-electron chi connectivity index (χ2n) is 1.66. The summed E-state index contributed by atoms with van der Waals surface area (Å²) >= 11 is 4.56. The van der Waals surface area contributed by atoms with Crippen LogP contribution in [0.4, 0.5) is 0 Å². The van der Waals surface area contributed by atoms with Gasteiger partial charge < -0.3 is 5.32 Å². The highest BCUT2D eigenvalue weighted by molar-refractivity contribution is 7.78. The zero-order valence-electron chi connectivity index (χ0n) is 5.32. The van der Waals surface area contributed by atoms with Gasteiger partial charge in [-0.15, -0.1) is 0 Å². The molecule has 0 saturated carbocycles. The highest BCUT2D eigenvalue weighted by Crippen LogP contribution is 1.83. The van der Waals surface area contributed by atoms with E-state index < -0.39 is 0 Å². The summed E-state index contributed by atoms with van der Waals surface area (Å²) in [7, 11) is 0. The number of hydrogen-bond acceptors (Lipinski definition) is 3. The number of nitrogens with zero attached hydrogens (tertiary/aromatic N) is 2. The van der Waals surface area contributed by atoms with Gasteiger partial charge in [-0.3, -0.25) is 0 Å². The molecule has 0 radical (unpaired) electrons. The van der Waals surface area contributed by atoms with Crippen LogP contribution in [0.15, 0.2) is 18.5 Å². The highest BCUT2D eigenvalue weighted by Gasteiger charge is 1.88. The lowest BCUT2D eigenvalue weighted by atomic mass is 10.5. The molecule has 4 heteroatoms. The monoisotopic (exact) mass is 153 g/mol. The fraction of sp³-hybridized carbons (Fsp3) is 0.167. The van der Waals surface area contributed by atoms with E-state index in [4.69, 9.17) is 0 Å². The van der Waals surface area contributed by atoms with Gasteiger partial charge in [-0.05, 0) is 6.07 Å². The summed E-state index contributed by atoms with van der Waals surface area (Å²) in [6, 6.07) is 1.78. The first-order chi connectivity index (χ1) is 4.93. The average Bonchev–Trinajstić information content (AvgIpc) is 2.03. The number of thiocarbonyl (C=S) groups is 1. The summed E-state index contributed by atoms with van der Waals surface area (Å²) in [4.78, 5) is 7.95. The van der Waals surface area contributed by atoms with Crippen molar-refractivity contribution in [3.05, 3.63) is 24.3 Å². The minimum absolute atomic E-state index is 0.602. The highest BCUT2D eigenvalue weighted by atomic mass is 32.1. The number of hydrogen-bond donors (Lipinski definition) is 1. The molecule has 0 aliphatic carbocycles. The molecule has 0 aromatic carbocycles. The van der Waals surface area contributed by atoms with Crippen LogP contribution in [0.25, 0.3) is 0 Å². The summed E-state index contributed by atoms with van der Waals surface area (Å²) < 4.78 is 0. The zero-order valence-corrected chi connectivity index (χ0v) is 6.14. The molecule has 3 nitrogen and oxygen atoms in total. The topological polar surface area (TPSA) is 37.8 Å². The van der Waals surface area contributed by atoms with E-state index in [1.807, 2.05) is 0 Å².